The summed E-state index contributed by atoms with van der Waals surface area (Å²) in [5.74, 6) is -0.818. The molecule has 6 heteroatoms. The number of aliphatic carboxylic acids is 1. The maximum atomic E-state index is 12.4. The molecular weight excluding hydrogens is 368 g/mol. The Bertz CT molecular complexity index is 846. The Balaban J connectivity index is 1.39. The van der Waals surface area contributed by atoms with Gasteiger partial charge in [-0.1, -0.05) is 48.5 Å². The van der Waals surface area contributed by atoms with E-state index in [4.69, 9.17) is 4.74 Å². The molecule has 1 heterocycles. The molecule has 0 saturated carbocycles. The van der Waals surface area contributed by atoms with Gasteiger partial charge in [-0.3, -0.25) is 0 Å². The van der Waals surface area contributed by atoms with E-state index in [0.717, 1.165) is 48.2 Å². The van der Waals surface area contributed by atoms with Crippen LogP contribution in [0.15, 0.2) is 48.5 Å². The van der Waals surface area contributed by atoms with Crippen LogP contribution in [0, 0.1) is 5.92 Å². The number of carbonyl (C=O) groups is 2. The van der Waals surface area contributed by atoms with Crippen molar-refractivity contribution in [3.05, 3.63) is 59.7 Å². The van der Waals surface area contributed by atoms with Crippen molar-refractivity contribution >= 4 is 12.1 Å². The van der Waals surface area contributed by atoms with Gasteiger partial charge in [0.25, 0.3) is 0 Å². The first kappa shape index (κ1) is 19.5. The van der Waals surface area contributed by atoms with E-state index in [1.807, 2.05) is 24.3 Å². The number of alkyl carbamates (subject to hydrolysis) is 1. The molecule has 152 valence electrons. The molecule has 0 bridgehead atoms. The number of benzene rings is 2. The van der Waals surface area contributed by atoms with Crippen LogP contribution < -0.4 is 10.6 Å². The minimum atomic E-state index is -1.02. The van der Waals surface area contributed by atoms with Gasteiger partial charge in [0.15, 0.2) is 0 Å². The lowest BCUT2D eigenvalue weighted by molar-refractivity contribution is -0.139. The molecule has 1 aliphatic carbocycles. The highest BCUT2D eigenvalue weighted by atomic mass is 16.5. The molecule has 2 atom stereocenters. The lowest BCUT2D eigenvalue weighted by Crippen LogP contribution is -2.44. The summed E-state index contributed by atoms with van der Waals surface area (Å²) < 4.78 is 5.48. The van der Waals surface area contributed by atoms with Crippen molar-refractivity contribution in [1.29, 1.82) is 0 Å². The van der Waals surface area contributed by atoms with Gasteiger partial charge in [-0.25, -0.2) is 9.59 Å². The van der Waals surface area contributed by atoms with Gasteiger partial charge in [0.2, 0.25) is 0 Å². The van der Waals surface area contributed by atoms with Crippen molar-refractivity contribution in [2.75, 3.05) is 19.7 Å². The van der Waals surface area contributed by atoms with Crippen LogP contribution >= 0.6 is 0 Å². The highest BCUT2D eigenvalue weighted by molar-refractivity contribution is 5.81. The third kappa shape index (κ3) is 4.27. The molecule has 1 aliphatic heterocycles. The molecule has 2 aliphatic rings. The van der Waals surface area contributed by atoms with Crippen LogP contribution in [-0.4, -0.2) is 42.9 Å². The molecule has 2 aromatic rings. The van der Waals surface area contributed by atoms with Gasteiger partial charge in [0.05, 0.1) is 0 Å². The van der Waals surface area contributed by atoms with Crippen molar-refractivity contribution in [1.82, 2.24) is 10.6 Å². The number of nitrogens with one attached hydrogen (secondary N) is 2. The van der Waals surface area contributed by atoms with Gasteiger partial charge in [-0.2, -0.15) is 0 Å². The fourth-order valence-electron chi connectivity index (χ4n) is 4.46. The second-order valence-corrected chi connectivity index (χ2v) is 7.81. The molecule has 1 saturated heterocycles. The lowest BCUT2D eigenvalue weighted by Gasteiger charge is -2.25. The Labute approximate surface area is 170 Å². The highest BCUT2D eigenvalue weighted by Crippen LogP contribution is 2.44. The van der Waals surface area contributed by atoms with Crippen molar-refractivity contribution in [2.24, 2.45) is 5.92 Å². The SMILES string of the molecule is O=C(NC(CC1CCCNC1)C(=O)O)OCC1c2ccccc2-c2ccccc21. The quantitative estimate of drug-likeness (QED) is 0.699. The van der Waals surface area contributed by atoms with Crippen LogP contribution in [0.3, 0.4) is 0 Å². The van der Waals surface area contributed by atoms with E-state index in [1.54, 1.807) is 0 Å². The predicted molar refractivity (Wildman–Crippen MR) is 110 cm³/mol. The maximum absolute atomic E-state index is 12.4. The van der Waals surface area contributed by atoms with Gasteiger partial charge in [-0.05, 0) is 60.5 Å². The summed E-state index contributed by atoms with van der Waals surface area (Å²) in [6.07, 6.45) is 1.74. The normalized spacial score (nSPS) is 19.1. The van der Waals surface area contributed by atoms with Crippen LogP contribution in [0.4, 0.5) is 4.79 Å². The number of piperidine rings is 1. The summed E-state index contributed by atoms with van der Waals surface area (Å²) in [5, 5.41) is 15.3. The number of carboxylic acids is 1. The third-order valence-electron chi connectivity index (χ3n) is 5.90. The Morgan fingerprint density at radius 3 is 2.34 bits per heavy atom. The number of hydrogen-bond acceptors (Lipinski definition) is 4. The zero-order chi connectivity index (χ0) is 20.2. The second kappa shape index (κ2) is 8.66. The first-order valence-corrected chi connectivity index (χ1v) is 10.2. The molecule has 1 fully saturated rings. The molecule has 29 heavy (non-hydrogen) atoms. The second-order valence-electron chi connectivity index (χ2n) is 7.81. The van der Waals surface area contributed by atoms with E-state index < -0.39 is 18.1 Å². The standard InChI is InChI=1S/C23H26N2O4/c26-22(27)21(12-15-6-5-11-24-13-15)25-23(28)29-14-20-18-9-3-1-7-16(18)17-8-2-4-10-19(17)20/h1-4,7-10,15,20-21,24H,5-6,11-14H2,(H,25,28)(H,26,27). The van der Waals surface area contributed by atoms with Crippen molar-refractivity contribution in [2.45, 2.75) is 31.2 Å². The Hall–Kier alpha value is -2.86. The number of rotatable bonds is 6. The molecule has 0 spiro atoms. The Morgan fingerprint density at radius 2 is 1.76 bits per heavy atom. The molecule has 4 rings (SSSR count). The van der Waals surface area contributed by atoms with E-state index in [2.05, 4.69) is 34.9 Å². The third-order valence-corrected chi connectivity index (χ3v) is 5.90. The number of carbonyl (C=O) groups excluding carboxylic acids is 1. The molecule has 1 amide bonds. The number of ether oxygens (including phenoxy) is 1. The number of hydrogen-bond donors (Lipinski definition) is 3. The number of amides is 1. The van der Waals surface area contributed by atoms with Crippen molar-refractivity contribution < 1.29 is 19.4 Å². The average Bonchev–Trinajstić information content (AvgIpc) is 3.06. The largest absolute Gasteiger partial charge is 0.480 e. The molecule has 2 unspecified atom stereocenters. The van der Waals surface area contributed by atoms with Crippen molar-refractivity contribution in [3.63, 3.8) is 0 Å². The van der Waals surface area contributed by atoms with E-state index in [0.29, 0.717) is 6.42 Å². The van der Waals surface area contributed by atoms with E-state index in [-0.39, 0.29) is 18.4 Å². The molecule has 0 aromatic heterocycles. The summed E-state index contributed by atoms with van der Waals surface area (Å²) in [7, 11) is 0. The van der Waals surface area contributed by atoms with E-state index in [1.165, 1.54) is 0 Å². The lowest BCUT2D eigenvalue weighted by atomic mass is 9.92. The van der Waals surface area contributed by atoms with Crippen LogP contribution in [0.2, 0.25) is 0 Å². The van der Waals surface area contributed by atoms with Gasteiger partial charge >= 0.3 is 12.1 Å². The van der Waals surface area contributed by atoms with Gasteiger partial charge in [0, 0.05) is 5.92 Å². The highest BCUT2D eigenvalue weighted by Gasteiger charge is 2.30. The smallest absolute Gasteiger partial charge is 0.407 e. The van der Waals surface area contributed by atoms with Gasteiger partial charge in [0.1, 0.15) is 12.6 Å². The fourth-order valence-corrected chi connectivity index (χ4v) is 4.46. The topological polar surface area (TPSA) is 87.7 Å². The molecular formula is C23H26N2O4. The monoisotopic (exact) mass is 394 g/mol. The van der Waals surface area contributed by atoms with Crippen LogP contribution in [0.25, 0.3) is 11.1 Å². The summed E-state index contributed by atoms with van der Waals surface area (Å²) >= 11 is 0. The summed E-state index contributed by atoms with van der Waals surface area (Å²) in [6, 6.07) is 15.3. The Kier molecular flexibility index (Phi) is 5.81. The average molecular weight is 394 g/mol. The summed E-state index contributed by atoms with van der Waals surface area (Å²) in [6.45, 7) is 1.93. The maximum Gasteiger partial charge on any atom is 0.407 e. The minimum absolute atomic E-state index is 0.0426. The molecule has 3 N–H and O–H groups in total. The van der Waals surface area contributed by atoms with E-state index >= 15 is 0 Å². The van der Waals surface area contributed by atoms with Crippen LogP contribution in [-0.2, 0) is 9.53 Å². The summed E-state index contributed by atoms with van der Waals surface area (Å²) in [5.41, 5.74) is 4.57. The zero-order valence-corrected chi connectivity index (χ0v) is 16.3. The number of fused-ring (bicyclic) bond motifs is 3. The first-order valence-electron chi connectivity index (χ1n) is 10.2. The molecule has 6 nitrogen and oxygen atoms in total. The van der Waals surface area contributed by atoms with Gasteiger partial charge < -0.3 is 20.5 Å². The summed E-state index contributed by atoms with van der Waals surface area (Å²) in [4.78, 5) is 24.0. The minimum Gasteiger partial charge on any atom is -0.480 e. The molecule has 0 radical (unpaired) electrons. The first-order chi connectivity index (χ1) is 14.1. The van der Waals surface area contributed by atoms with Crippen LogP contribution in [0.5, 0.6) is 0 Å². The van der Waals surface area contributed by atoms with Crippen LogP contribution in [0.1, 0.15) is 36.3 Å². The van der Waals surface area contributed by atoms with E-state index in [9.17, 15) is 14.7 Å². The number of carboxylic acid groups (broad SMARTS) is 1. The zero-order valence-electron chi connectivity index (χ0n) is 16.3. The molecule has 2 aromatic carbocycles. The Morgan fingerprint density at radius 1 is 1.10 bits per heavy atom. The fraction of sp³-hybridized carbons (Fsp3) is 0.391. The van der Waals surface area contributed by atoms with Crippen molar-refractivity contribution in [3.8, 4) is 11.1 Å². The van der Waals surface area contributed by atoms with Gasteiger partial charge in [-0.15, -0.1) is 0 Å². The predicted octanol–water partition coefficient (Wildman–Crippen LogP) is 3.37.